The van der Waals surface area contributed by atoms with Crippen molar-refractivity contribution in [3.8, 4) is 0 Å². The van der Waals surface area contributed by atoms with Gasteiger partial charge in [-0.25, -0.2) is 9.59 Å². The van der Waals surface area contributed by atoms with Crippen molar-refractivity contribution in [2.45, 2.75) is 45.2 Å². The van der Waals surface area contributed by atoms with Gasteiger partial charge in [-0.05, 0) is 6.42 Å². The topological polar surface area (TPSA) is 57.0 Å². The Balaban J connectivity index is 2.35. The number of ether oxygens (including phenoxy) is 2. The lowest BCUT2D eigenvalue weighted by molar-refractivity contribution is -0.790. The van der Waals surface area contributed by atoms with Crippen molar-refractivity contribution in [1.29, 1.82) is 0 Å². The number of hydrogen-bond acceptors (Lipinski definition) is 4. The Bertz CT molecular complexity index is 280. The molecule has 1 heterocycles. The fourth-order valence-corrected chi connectivity index (χ4v) is 1.94. The number of nitrogens with one attached hydrogen (secondary N) is 1. The van der Waals surface area contributed by atoms with Crippen molar-refractivity contribution < 1.29 is 24.0 Å². The Kier molecular flexibility index (Phi) is 5.41. The standard InChI is InChI=1S/C12H21NO4/c1-4-6-7-17-12(15)10-8-13(10)9(5-2)11(14)16-3/h9-10H,4-8H2,1-3H3/p+1/t9-,10+,13?/m0/s1. The summed E-state index contributed by atoms with van der Waals surface area (Å²) in [6.07, 6.45) is 2.58. The molecule has 0 radical (unpaired) electrons. The smallest absolute Gasteiger partial charge is 0.371 e. The van der Waals surface area contributed by atoms with E-state index in [1.54, 1.807) is 0 Å². The predicted molar refractivity (Wildman–Crippen MR) is 61.6 cm³/mol. The van der Waals surface area contributed by atoms with Crippen LogP contribution >= 0.6 is 0 Å². The maximum atomic E-state index is 11.6. The van der Waals surface area contributed by atoms with Gasteiger partial charge >= 0.3 is 11.9 Å². The van der Waals surface area contributed by atoms with Crippen molar-refractivity contribution in [2.75, 3.05) is 20.3 Å². The lowest BCUT2D eigenvalue weighted by Gasteiger charge is -2.10. The predicted octanol–water partition coefficient (Wildman–Crippen LogP) is -0.452. The van der Waals surface area contributed by atoms with Gasteiger partial charge in [0.2, 0.25) is 6.04 Å². The fourth-order valence-electron chi connectivity index (χ4n) is 1.94. The van der Waals surface area contributed by atoms with Gasteiger partial charge in [0, 0.05) is 6.42 Å². The minimum absolute atomic E-state index is 0.170. The highest BCUT2D eigenvalue weighted by Crippen LogP contribution is 2.01. The van der Waals surface area contributed by atoms with Crippen LogP contribution in [0.15, 0.2) is 0 Å². The zero-order chi connectivity index (χ0) is 12.8. The lowest BCUT2D eigenvalue weighted by atomic mass is 10.2. The van der Waals surface area contributed by atoms with Gasteiger partial charge in [0.25, 0.3) is 0 Å². The molecule has 0 amide bonds. The quantitative estimate of drug-likeness (QED) is 0.374. The zero-order valence-electron chi connectivity index (χ0n) is 10.8. The first-order chi connectivity index (χ1) is 8.15. The largest absolute Gasteiger partial charge is 0.465 e. The summed E-state index contributed by atoms with van der Waals surface area (Å²) in [5.74, 6) is -0.429. The molecule has 0 bridgehead atoms. The van der Waals surface area contributed by atoms with Crippen LogP contribution in [0.2, 0.25) is 0 Å². The van der Waals surface area contributed by atoms with E-state index in [1.807, 2.05) is 13.8 Å². The van der Waals surface area contributed by atoms with Gasteiger partial charge in [0.1, 0.15) is 6.54 Å². The third-order valence-electron chi connectivity index (χ3n) is 3.10. The minimum Gasteiger partial charge on any atom is -0.465 e. The fraction of sp³-hybridized carbons (Fsp3) is 0.833. The van der Waals surface area contributed by atoms with Crippen LogP contribution in [-0.4, -0.2) is 44.3 Å². The number of carbonyl (C=O) groups is 2. The van der Waals surface area contributed by atoms with Crippen molar-refractivity contribution in [1.82, 2.24) is 0 Å². The highest BCUT2D eigenvalue weighted by Gasteiger charge is 2.54. The maximum Gasteiger partial charge on any atom is 0.371 e. The zero-order valence-corrected chi connectivity index (χ0v) is 10.8. The molecule has 1 N–H and O–H groups in total. The van der Waals surface area contributed by atoms with Crippen LogP contribution in [0.4, 0.5) is 0 Å². The van der Waals surface area contributed by atoms with E-state index in [0.717, 1.165) is 17.7 Å². The molecule has 17 heavy (non-hydrogen) atoms. The summed E-state index contributed by atoms with van der Waals surface area (Å²) in [7, 11) is 1.38. The average Bonchev–Trinajstić information content (AvgIpc) is 3.10. The van der Waals surface area contributed by atoms with Crippen LogP contribution in [0.1, 0.15) is 33.1 Å². The Labute approximate surface area is 102 Å². The van der Waals surface area contributed by atoms with Gasteiger partial charge in [-0.15, -0.1) is 0 Å². The van der Waals surface area contributed by atoms with Crippen LogP contribution in [0.25, 0.3) is 0 Å². The summed E-state index contributed by atoms with van der Waals surface area (Å²) in [5, 5.41) is 0. The molecule has 0 aromatic carbocycles. The summed E-state index contributed by atoms with van der Waals surface area (Å²) in [6, 6.07) is -0.403. The molecule has 5 nitrogen and oxygen atoms in total. The van der Waals surface area contributed by atoms with Crippen LogP contribution in [-0.2, 0) is 19.1 Å². The normalized spacial score (nSPS) is 23.9. The van der Waals surface area contributed by atoms with E-state index in [9.17, 15) is 9.59 Å². The molecule has 1 fully saturated rings. The van der Waals surface area contributed by atoms with Gasteiger partial charge < -0.3 is 14.4 Å². The number of rotatable bonds is 7. The summed E-state index contributed by atoms with van der Waals surface area (Å²) < 4.78 is 9.85. The first-order valence-electron chi connectivity index (χ1n) is 6.25. The van der Waals surface area contributed by atoms with Gasteiger partial charge in [0.15, 0.2) is 6.04 Å². The number of methoxy groups -OCH3 is 1. The van der Waals surface area contributed by atoms with Crippen molar-refractivity contribution in [3.05, 3.63) is 0 Å². The Morgan fingerprint density at radius 1 is 1.41 bits per heavy atom. The van der Waals surface area contributed by atoms with E-state index >= 15 is 0 Å². The van der Waals surface area contributed by atoms with Crippen molar-refractivity contribution >= 4 is 11.9 Å². The van der Waals surface area contributed by atoms with Gasteiger partial charge in [0.05, 0.1) is 13.7 Å². The van der Waals surface area contributed by atoms with E-state index in [4.69, 9.17) is 9.47 Å². The Morgan fingerprint density at radius 2 is 2.12 bits per heavy atom. The van der Waals surface area contributed by atoms with Crippen LogP contribution in [0.5, 0.6) is 0 Å². The molecule has 0 aliphatic carbocycles. The molecule has 3 atom stereocenters. The highest BCUT2D eigenvalue weighted by atomic mass is 16.5. The molecule has 0 aromatic heterocycles. The molecular weight excluding hydrogens is 222 g/mol. The van der Waals surface area contributed by atoms with E-state index in [1.165, 1.54) is 7.11 Å². The molecule has 1 rings (SSSR count). The van der Waals surface area contributed by atoms with Crippen LogP contribution in [0, 0.1) is 0 Å². The number of carbonyl (C=O) groups excluding carboxylic acids is 2. The number of unbranched alkanes of at least 4 members (excludes halogenated alkanes) is 1. The molecule has 0 saturated carbocycles. The van der Waals surface area contributed by atoms with Gasteiger partial charge in [-0.1, -0.05) is 20.3 Å². The van der Waals surface area contributed by atoms with E-state index in [2.05, 4.69) is 0 Å². The summed E-state index contributed by atoms with van der Waals surface area (Å²) >= 11 is 0. The third-order valence-corrected chi connectivity index (χ3v) is 3.10. The molecule has 5 heteroatoms. The molecular formula is C12H22NO4+. The van der Waals surface area contributed by atoms with Crippen molar-refractivity contribution in [3.63, 3.8) is 0 Å². The molecule has 1 unspecified atom stereocenters. The number of quaternary nitrogens is 1. The number of esters is 2. The van der Waals surface area contributed by atoms with Crippen molar-refractivity contribution in [2.24, 2.45) is 0 Å². The summed E-state index contributed by atoms with van der Waals surface area (Å²) in [4.78, 5) is 24.1. The van der Waals surface area contributed by atoms with Crippen LogP contribution in [0.3, 0.4) is 0 Å². The maximum absolute atomic E-state index is 11.6. The van der Waals surface area contributed by atoms with Crippen LogP contribution < -0.4 is 4.90 Å². The third kappa shape index (κ3) is 3.70. The van der Waals surface area contributed by atoms with Gasteiger partial charge in [-0.3, -0.25) is 0 Å². The summed E-state index contributed by atoms with van der Waals surface area (Å²) in [6.45, 7) is 5.13. The number of hydrogen-bond donors (Lipinski definition) is 1. The molecule has 0 aromatic rings. The second kappa shape index (κ2) is 6.59. The Morgan fingerprint density at radius 3 is 2.65 bits per heavy atom. The lowest BCUT2D eigenvalue weighted by Crippen LogP contribution is -3.01. The van der Waals surface area contributed by atoms with E-state index < -0.39 is 0 Å². The second-order valence-electron chi connectivity index (χ2n) is 4.34. The molecule has 1 saturated heterocycles. The SMILES string of the molecule is CCCCOC(=O)[C@H]1C[NH+]1[C@@H](CC)C(=O)OC. The highest BCUT2D eigenvalue weighted by molar-refractivity contribution is 5.78. The summed E-state index contributed by atoms with van der Waals surface area (Å²) in [5.41, 5.74) is 0. The second-order valence-corrected chi connectivity index (χ2v) is 4.34. The molecule has 1 aliphatic rings. The Hall–Kier alpha value is -1.10. The first-order valence-corrected chi connectivity index (χ1v) is 6.25. The molecule has 1 aliphatic heterocycles. The minimum atomic E-state index is -0.244. The molecule has 98 valence electrons. The van der Waals surface area contributed by atoms with E-state index in [-0.39, 0.29) is 24.0 Å². The van der Waals surface area contributed by atoms with Gasteiger partial charge in [-0.2, -0.15) is 0 Å². The molecule has 0 spiro atoms. The monoisotopic (exact) mass is 244 g/mol. The average molecular weight is 244 g/mol. The van der Waals surface area contributed by atoms with E-state index in [0.29, 0.717) is 19.6 Å². The first kappa shape index (κ1) is 14.0.